The molecule has 1 aliphatic rings. The molecule has 0 fully saturated rings. The van der Waals surface area contributed by atoms with Crippen LogP contribution in [0.4, 0.5) is 0 Å². The third-order valence-corrected chi connectivity index (χ3v) is 2.39. The Kier molecular flexibility index (Phi) is 3.34. The number of fused-ring (bicyclic) bond motifs is 1. The fraction of sp³-hybridized carbons (Fsp3) is 0.700. The predicted molar refractivity (Wildman–Crippen MR) is 52.1 cm³/mol. The lowest BCUT2D eigenvalue weighted by molar-refractivity contribution is 0.141. The standard InChI is InChI=1S/C8H12N2O.C2H6/c1-6-7-4-2-3-5-8(7)9-10(6)11;1-2/h11H,2-5H2,1H3;1-2H3. The zero-order valence-corrected chi connectivity index (χ0v) is 8.67. The lowest BCUT2D eigenvalue weighted by Gasteiger charge is -2.08. The van der Waals surface area contributed by atoms with Gasteiger partial charge in [0.2, 0.25) is 0 Å². The van der Waals surface area contributed by atoms with Crippen LogP contribution in [0.2, 0.25) is 0 Å². The highest BCUT2D eigenvalue weighted by molar-refractivity contribution is 5.26. The summed E-state index contributed by atoms with van der Waals surface area (Å²) in [5.74, 6) is 0. The van der Waals surface area contributed by atoms with Crippen LogP contribution in [0.3, 0.4) is 0 Å². The second-order valence-electron chi connectivity index (χ2n) is 3.11. The zero-order chi connectivity index (χ0) is 9.84. The number of hydrogen-bond acceptors (Lipinski definition) is 2. The highest BCUT2D eigenvalue weighted by Gasteiger charge is 2.16. The Balaban J connectivity index is 0.000000396. The van der Waals surface area contributed by atoms with E-state index in [1.165, 1.54) is 18.4 Å². The monoisotopic (exact) mass is 182 g/mol. The Morgan fingerprint density at radius 2 is 1.85 bits per heavy atom. The molecular weight excluding hydrogens is 164 g/mol. The number of rotatable bonds is 0. The highest BCUT2D eigenvalue weighted by Crippen LogP contribution is 2.22. The Morgan fingerprint density at radius 1 is 1.23 bits per heavy atom. The van der Waals surface area contributed by atoms with E-state index in [1.807, 2.05) is 20.8 Å². The fourth-order valence-corrected chi connectivity index (χ4v) is 1.70. The lowest BCUT2D eigenvalue weighted by Crippen LogP contribution is -2.00. The van der Waals surface area contributed by atoms with Crippen LogP contribution in [0.15, 0.2) is 0 Å². The van der Waals surface area contributed by atoms with Gasteiger partial charge < -0.3 is 5.21 Å². The Hall–Kier alpha value is -0.990. The molecular formula is C10H18N2O. The Morgan fingerprint density at radius 3 is 2.46 bits per heavy atom. The fourth-order valence-electron chi connectivity index (χ4n) is 1.70. The molecule has 0 atom stereocenters. The molecule has 1 aromatic heterocycles. The molecule has 74 valence electrons. The Labute approximate surface area is 79.3 Å². The van der Waals surface area contributed by atoms with Crippen LogP contribution in [0.1, 0.15) is 43.6 Å². The largest absolute Gasteiger partial charge is 0.411 e. The molecule has 0 saturated carbocycles. The third-order valence-electron chi connectivity index (χ3n) is 2.39. The molecule has 0 bridgehead atoms. The molecule has 0 aromatic carbocycles. The minimum atomic E-state index is 0.916. The molecule has 3 nitrogen and oxygen atoms in total. The average Bonchev–Trinajstić information content (AvgIpc) is 2.47. The van der Waals surface area contributed by atoms with Gasteiger partial charge in [0.05, 0.1) is 11.4 Å². The third kappa shape index (κ3) is 1.85. The smallest absolute Gasteiger partial charge is 0.0802 e. The summed E-state index contributed by atoms with van der Waals surface area (Å²) in [5, 5.41) is 13.2. The summed E-state index contributed by atoms with van der Waals surface area (Å²) in [7, 11) is 0. The molecule has 0 saturated heterocycles. The first kappa shape index (κ1) is 10.1. The summed E-state index contributed by atoms with van der Waals surface area (Å²) in [6.45, 7) is 5.91. The van der Waals surface area contributed by atoms with Crippen LogP contribution < -0.4 is 0 Å². The second kappa shape index (κ2) is 4.30. The first-order valence-electron chi connectivity index (χ1n) is 5.05. The maximum Gasteiger partial charge on any atom is 0.0802 e. The van der Waals surface area contributed by atoms with E-state index in [4.69, 9.17) is 0 Å². The van der Waals surface area contributed by atoms with E-state index in [0.717, 1.165) is 29.1 Å². The molecule has 1 aromatic rings. The molecule has 0 aliphatic heterocycles. The second-order valence-corrected chi connectivity index (χ2v) is 3.11. The van der Waals surface area contributed by atoms with Gasteiger partial charge in [-0.25, -0.2) is 0 Å². The van der Waals surface area contributed by atoms with Gasteiger partial charge in [-0.05, 0) is 32.6 Å². The maximum atomic E-state index is 9.22. The quantitative estimate of drug-likeness (QED) is 0.625. The van der Waals surface area contributed by atoms with Crippen molar-refractivity contribution in [2.24, 2.45) is 0 Å². The lowest BCUT2D eigenvalue weighted by atomic mass is 9.96. The number of nitrogens with zero attached hydrogens (tertiary/aromatic N) is 2. The molecule has 1 N–H and O–H groups in total. The van der Waals surface area contributed by atoms with Crippen molar-refractivity contribution in [2.45, 2.75) is 46.5 Å². The summed E-state index contributed by atoms with van der Waals surface area (Å²) >= 11 is 0. The van der Waals surface area contributed by atoms with Gasteiger partial charge in [0.1, 0.15) is 0 Å². The van der Waals surface area contributed by atoms with Gasteiger partial charge in [-0.1, -0.05) is 13.8 Å². The average molecular weight is 182 g/mol. The molecule has 1 heterocycles. The minimum Gasteiger partial charge on any atom is -0.411 e. The van der Waals surface area contributed by atoms with Crippen molar-refractivity contribution < 1.29 is 5.21 Å². The van der Waals surface area contributed by atoms with Gasteiger partial charge in [-0.2, -0.15) is 0 Å². The van der Waals surface area contributed by atoms with Gasteiger partial charge in [0, 0.05) is 5.56 Å². The summed E-state index contributed by atoms with van der Waals surface area (Å²) < 4.78 is 0. The number of aryl methyl sites for hydroxylation is 1. The number of hydrogen-bond donors (Lipinski definition) is 1. The zero-order valence-electron chi connectivity index (χ0n) is 8.67. The highest BCUT2D eigenvalue weighted by atomic mass is 16.5. The normalized spacial score (nSPS) is 14.4. The van der Waals surface area contributed by atoms with E-state index < -0.39 is 0 Å². The van der Waals surface area contributed by atoms with Crippen LogP contribution >= 0.6 is 0 Å². The molecule has 0 spiro atoms. The van der Waals surface area contributed by atoms with Crippen molar-refractivity contribution in [3.05, 3.63) is 17.0 Å². The number of aromatic nitrogens is 2. The molecule has 0 radical (unpaired) electrons. The van der Waals surface area contributed by atoms with E-state index in [2.05, 4.69) is 5.10 Å². The van der Waals surface area contributed by atoms with Crippen LogP contribution in [0.5, 0.6) is 0 Å². The van der Waals surface area contributed by atoms with Crippen molar-refractivity contribution in [1.29, 1.82) is 0 Å². The van der Waals surface area contributed by atoms with E-state index in [1.54, 1.807) is 0 Å². The van der Waals surface area contributed by atoms with Crippen LogP contribution in [-0.2, 0) is 12.8 Å². The van der Waals surface area contributed by atoms with E-state index in [9.17, 15) is 5.21 Å². The SMILES string of the molecule is CC.Cc1c2c(nn1O)CCCC2. The van der Waals surface area contributed by atoms with E-state index >= 15 is 0 Å². The van der Waals surface area contributed by atoms with Gasteiger partial charge in [0.15, 0.2) is 0 Å². The van der Waals surface area contributed by atoms with Gasteiger partial charge in [-0.15, -0.1) is 9.94 Å². The molecule has 0 unspecified atom stereocenters. The van der Waals surface area contributed by atoms with Crippen molar-refractivity contribution >= 4 is 0 Å². The van der Waals surface area contributed by atoms with E-state index in [0.29, 0.717) is 0 Å². The van der Waals surface area contributed by atoms with Crippen molar-refractivity contribution in [3.8, 4) is 0 Å². The van der Waals surface area contributed by atoms with E-state index in [-0.39, 0.29) is 0 Å². The van der Waals surface area contributed by atoms with Crippen LogP contribution in [0.25, 0.3) is 0 Å². The summed E-state index contributed by atoms with van der Waals surface area (Å²) in [6, 6.07) is 0. The first-order chi connectivity index (χ1) is 6.29. The molecule has 2 rings (SSSR count). The summed E-state index contributed by atoms with van der Waals surface area (Å²) in [6.07, 6.45) is 4.56. The molecule has 3 heteroatoms. The predicted octanol–water partition coefficient (Wildman–Crippen LogP) is 2.33. The topological polar surface area (TPSA) is 38.0 Å². The first-order valence-corrected chi connectivity index (χ1v) is 5.05. The van der Waals surface area contributed by atoms with Crippen molar-refractivity contribution in [2.75, 3.05) is 0 Å². The van der Waals surface area contributed by atoms with Gasteiger partial charge in [-0.3, -0.25) is 0 Å². The molecule has 1 aliphatic carbocycles. The minimum absolute atomic E-state index is 0.916. The van der Waals surface area contributed by atoms with Crippen molar-refractivity contribution in [3.63, 3.8) is 0 Å². The van der Waals surface area contributed by atoms with Gasteiger partial charge in [0.25, 0.3) is 0 Å². The molecule has 13 heavy (non-hydrogen) atoms. The summed E-state index contributed by atoms with van der Waals surface area (Å²) in [4.78, 5) is 1.01. The molecule has 0 amide bonds. The summed E-state index contributed by atoms with van der Waals surface area (Å²) in [5.41, 5.74) is 3.27. The van der Waals surface area contributed by atoms with Crippen molar-refractivity contribution in [1.82, 2.24) is 9.94 Å². The van der Waals surface area contributed by atoms with Crippen LogP contribution in [-0.4, -0.2) is 15.2 Å². The van der Waals surface area contributed by atoms with Crippen LogP contribution in [0, 0.1) is 6.92 Å². The Bertz CT molecular complexity index is 279. The maximum absolute atomic E-state index is 9.22. The van der Waals surface area contributed by atoms with Gasteiger partial charge >= 0.3 is 0 Å².